The maximum atomic E-state index is 12.8. The Morgan fingerprint density at radius 2 is 1.58 bits per heavy atom. The van der Waals surface area contributed by atoms with Gasteiger partial charge in [-0.2, -0.15) is 0 Å². The maximum Gasteiger partial charge on any atom is 0.309 e. The number of rotatable bonds is 1. The van der Waals surface area contributed by atoms with Crippen LogP contribution in [0.15, 0.2) is 12.2 Å². The first-order valence-corrected chi connectivity index (χ1v) is 13.8. The second-order valence-corrected chi connectivity index (χ2v) is 14.5. The molecule has 0 radical (unpaired) electrons. The number of aliphatic hydroxyl groups is 1. The Morgan fingerprint density at radius 1 is 0.879 bits per heavy atom. The van der Waals surface area contributed by atoms with Crippen molar-refractivity contribution in [1.82, 2.24) is 0 Å². The van der Waals surface area contributed by atoms with Gasteiger partial charge in [-0.25, -0.2) is 0 Å². The van der Waals surface area contributed by atoms with E-state index in [9.17, 15) is 15.0 Å². The fourth-order valence-electron chi connectivity index (χ4n) is 11.4. The second-order valence-electron chi connectivity index (χ2n) is 14.5. The molecule has 1 unspecified atom stereocenters. The largest absolute Gasteiger partial charge is 0.481 e. The van der Waals surface area contributed by atoms with Gasteiger partial charge in [0.05, 0.1) is 11.5 Å². The van der Waals surface area contributed by atoms with Crippen LogP contribution in [0.1, 0.15) is 106 Å². The van der Waals surface area contributed by atoms with Gasteiger partial charge in [-0.1, -0.05) is 53.7 Å². The fraction of sp³-hybridized carbons (Fsp3) is 0.900. The average molecular weight is 457 g/mol. The second kappa shape index (κ2) is 7.11. The number of hydrogen-bond donors (Lipinski definition) is 2. The summed E-state index contributed by atoms with van der Waals surface area (Å²) in [5.41, 5.74) is 1.40. The van der Waals surface area contributed by atoms with E-state index in [2.05, 4.69) is 48.1 Å². The van der Waals surface area contributed by atoms with Gasteiger partial charge < -0.3 is 10.2 Å². The Hall–Kier alpha value is -0.830. The summed E-state index contributed by atoms with van der Waals surface area (Å²) in [6.07, 6.45) is 10.2. The van der Waals surface area contributed by atoms with Gasteiger partial charge in [0.15, 0.2) is 0 Å². The van der Waals surface area contributed by atoms with E-state index in [0.717, 1.165) is 38.5 Å². The third-order valence-corrected chi connectivity index (χ3v) is 13.6. The lowest BCUT2D eigenvalue weighted by atomic mass is 9.31. The van der Waals surface area contributed by atoms with Crippen molar-refractivity contribution < 1.29 is 15.0 Å². The first-order valence-electron chi connectivity index (χ1n) is 13.8. The highest BCUT2D eigenvalue weighted by atomic mass is 16.4. The maximum absolute atomic E-state index is 12.8. The molecule has 33 heavy (non-hydrogen) atoms. The van der Waals surface area contributed by atoms with Crippen LogP contribution in [0, 0.1) is 56.7 Å². The quantitative estimate of drug-likeness (QED) is 0.414. The molecule has 0 aromatic carbocycles. The SMILES string of the molecule is C=C1CC[C@]2(C(=O)O)CC[C@]3(C)C(CC[C@@H]4[C@@]5(C)CC[C@H](O)C(C)(C)[C@@H]5CC[C@]43C)[C@@H]2[C@H]1C. The zero-order valence-corrected chi connectivity index (χ0v) is 22.0. The first-order chi connectivity index (χ1) is 15.3. The predicted octanol–water partition coefficient (Wildman–Crippen LogP) is 7.09. The highest BCUT2D eigenvalue weighted by molar-refractivity contribution is 5.76. The smallest absolute Gasteiger partial charge is 0.309 e. The molecule has 0 amide bonds. The Balaban J connectivity index is 1.57. The van der Waals surface area contributed by atoms with E-state index in [-0.39, 0.29) is 33.7 Å². The van der Waals surface area contributed by atoms with Crippen LogP contribution < -0.4 is 0 Å². The molecule has 5 fully saturated rings. The van der Waals surface area contributed by atoms with Crippen molar-refractivity contribution in [2.75, 3.05) is 0 Å². The molecule has 3 nitrogen and oxygen atoms in total. The van der Waals surface area contributed by atoms with E-state index in [1.54, 1.807) is 0 Å². The molecule has 0 aromatic heterocycles. The highest BCUT2D eigenvalue weighted by Crippen LogP contribution is 2.77. The summed E-state index contributed by atoms with van der Waals surface area (Å²) in [5.74, 6) is 1.69. The molecule has 10 atom stereocenters. The molecular formula is C30H48O3. The van der Waals surface area contributed by atoms with E-state index in [0.29, 0.717) is 23.7 Å². The Morgan fingerprint density at radius 3 is 2.24 bits per heavy atom. The van der Waals surface area contributed by atoms with Crippen LogP contribution in [-0.4, -0.2) is 22.3 Å². The molecule has 5 saturated carbocycles. The van der Waals surface area contributed by atoms with Gasteiger partial charge >= 0.3 is 5.97 Å². The number of allylic oxidation sites excluding steroid dienone is 1. The minimum Gasteiger partial charge on any atom is -0.481 e. The van der Waals surface area contributed by atoms with E-state index >= 15 is 0 Å². The van der Waals surface area contributed by atoms with Crippen LogP contribution in [0.4, 0.5) is 0 Å². The lowest BCUT2D eigenvalue weighted by molar-refractivity contribution is -0.253. The van der Waals surface area contributed by atoms with E-state index in [4.69, 9.17) is 0 Å². The number of aliphatic hydroxyl groups excluding tert-OH is 1. The number of carbonyl (C=O) groups is 1. The molecule has 5 aliphatic carbocycles. The summed E-state index contributed by atoms with van der Waals surface area (Å²) in [7, 11) is 0. The number of carboxylic acid groups (broad SMARTS) is 1. The van der Waals surface area contributed by atoms with Crippen LogP contribution >= 0.6 is 0 Å². The van der Waals surface area contributed by atoms with Gasteiger partial charge in [-0.3, -0.25) is 4.79 Å². The first kappa shape index (κ1) is 23.9. The summed E-state index contributed by atoms with van der Waals surface area (Å²) in [6, 6.07) is 0. The minimum atomic E-state index is -0.550. The Kier molecular flexibility index (Phi) is 5.15. The van der Waals surface area contributed by atoms with Crippen LogP contribution in [0.25, 0.3) is 0 Å². The summed E-state index contributed by atoms with van der Waals surface area (Å²) in [6.45, 7) is 19.0. The zero-order valence-electron chi connectivity index (χ0n) is 22.0. The van der Waals surface area contributed by atoms with Gasteiger partial charge in [-0.05, 0) is 115 Å². The van der Waals surface area contributed by atoms with Gasteiger partial charge in [0.1, 0.15) is 0 Å². The molecule has 0 spiro atoms. The van der Waals surface area contributed by atoms with Crippen LogP contribution in [0.5, 0.6) is 0 Å². The van der Waals surface area contributed by atoms with E-state index in [1.165, 1.54) is 31.3 Å². The zero-order chi connectivity index (χ0) is 24.2. The topological polar surface area (TPSA) is 57.5 Å². The molecule has 3 heteroatoms. The van der Waals surface area contributed by atoms with E-state index < -0.39 is 11.4 Å². The van der Waals surface area contributed by atoms with Crippen molar-refractivity contribution in [1.29, 1.82) is 0 Å². The molecule has 0 aliphatic heterocycles. The Labute approximate surface area is 201 Å². The molecule has 0 aromatic rings. The van der Waals surface area contributed by atoms with Crippen molar-refractivity contribution >= 4 is 5.97 Å². The predicted molar refractivity (Wildman–Crippen MR) is 133 cm³/mol. The fourth-order valence-corrected chi connectivity index (χ4v) is 11.4. The highest BCUT2D eigenvalue weighted by Gasteiger charge is 2.71. The molecule has 0 bridgehead atoms. The molecule has 5 aliphatic rings. The molecule has 0 heterocycles. The third kappa shape index (κ3) is 2.75. The van der Waals surface area contributed by atoms with Crippen molar-refractivity contribution in [3.05, 3.63) is 12.2 Å². The van der Waals surface area contributed by atoms with Crippen molar-refractivity contribution in [3.63, 3.8) is 0 Å². The molecule has 0 saturated heterocycles. The number of fused-ring (bicyclic) bond motifs is 7. The normalized spacial score (nSPS) is 55.5. The standard InChI is InChI=1S/C30H48O3/c1-18-10-15-30(25(32)33)17-16-28(6)20(24(30)19(18)2)8-9-22-27(5)13-12-23(31)26(3,4)21(27)11-14-29(22,28)7/h19-24,31H,1,8-17H2,2-7H3,(H,32,33)/t19-,20?,21-,22+,23-,24-,27-,28+,29+,30-/m0/s1. The lowest BCUT2D eigenvalue weighted by Gasteiger charge is -2.73. The number of hydrogen-bond acceptors (Lipinski definition) is 2. The molecule has 2 N–H and O–H groups in total. The summed E-state index contributed by atoms with van der Waals surface area (Å²) < 4.78 is 0. The summed E-state index contributed by atoms with van der Waals surface area (Å²) in [4.78, 5) is 12.8. The van der Waals surface area contributed by atoms with Crippen molar-refractivity contribution in [3.8, 4) is 0 Å². The van der Waals surface area contributed by atoms with Crippen LogP contribution in [0.3, 0.4) is 0 Å². The van der Waals surface area contributed by atoms with Crippen LogP contribution in [-0.2, 0) is 4.79 Å². The van der Waals surface area contributed by atoms with Gasteiger partial charge in [0, 0.05) is 0 Å². The molecular weight excluding hydrogens is 408 g/mol. The third-order valence-electron chi connectivity index (χ3n) is 13.6. The van der Waals surface area contributed by atoms with Crippen LogP contribution in [0.2, 0.25) is 0 Å². The summed E-state index contributed by atoms with van der Waals surface area (Å²) >= 11 is 0. The van der Waals surface area contributed by atoms with Gasteiger partial charge in [-0.15, -0.1) is 0 Å². The molecule has 5 rings (SSSR count). The number of aliphatic carboxylic acids is 1. The molecule has 186 valence electrons. The monoisotopic (exact) mass is 456 g/mol. The van der Waals surface area contributed by atoms with Gasteiger partial charge in [0.2, 0.25) is 0 Å². The van der Waals surface area contributed by atoms with E-state index in [1.807, 2.05) is 0 Å². The van der Waals surface area contributed by atoms with Crippen molar-refractivity contribution in [2.24, 2.45) is 56.7 Å². The minimum absolute atomic E-state index is 0.0211. The van der Waals surface area contributed by atoms with Gasteiger partial charge in [0.25, 0.3) is 0 Å². The summed E-state index contributed by atoms with van der Waals surface area (Å²) in [5, 5.41) is 21.4. The average Bonchev–Trinajstić information content (AvgIpc) is 2.74. The Bertz CT molecular complexity index is 861. The number of carboxylic acids is 1. The lowest BCUT2D eigenvalue weighted by Crippen LogP contribution is -2.68. The van der Waals surface area contributed by atoms with Crippen molar-refractivity contribution in [2.45, 2.75) is 112 Å².